The summed E-state index contributed by atoms with van der Waals surface area (Å²) < 4.78 is 37.7. The Labute approximate surface area is 106 Å². The fourth-order valence-corrected chi connectivity index (χ4v) is 2.72. The van der Waals surface area contributed by atoms with E-state index in [-0.39, 0.29) is 6.04 Å². The fraction of sp³-hybridized carbons (Fsp3) is 0.545. The Morgan fingerprint density at radius 1 is 1.47 bits per heavy atom. The van der Waals surface area contributed by atoms with Crippen molar-refractivity contribution in [2.75, 3.05) is 16.8 Å². The summed E-state index contributed by atoms with van der Waals surface area (Å²) in [6, 6.07) is 2.37. The molecule has 1 aromatic heterocycles. The molecule has 0 amide bonds. The smallest absolute Gasteiger partial charge is 0.353 e. The minimum atomic E-state index is -4.30. The molecule has 0 N–H and O–H groups in total. The van der Waals surface area contributed by atoms with Crippen LogP contribution < -0.4 is 4.90 Å². The molecule has 94 valence electrons. The van der Waals surface area contributed by atoms with Crippen LogP contribution in [0.25, 0.3) is 0 Å². The molecule has 1 fully saturated rings. The zero-order valence-corrected chi connectivity index (χ0v) is 10.6. The van der Waals surface area contributed by atoms with Gasteiger partial charge in [-0.1, -0.05) is 15.9 Å². The third-order valence-corrected chi connectivity index (χ3v) is 3.67. The van der Waals surface area contributed by atoms with Gasteiger partial charge in [0.15, 0.2) is 0 Å². The summed E-state index contributed by atoms with van der Waals surface area (Å²) in [5.74, 6) is 0.418. The van der Waals surface area contributed by atoms with Crippen LogP contribution in [0, 0.1) is 0 Å². The molecule has 0 aromatic carbocycles. The van der Waals surface area contributed by atoms with Gasteiger partial charge in [0.1, 0.15) is 5.82 Å². The predicted molar refractivity (Wildman–Crippen MR) is 63.4 cm³/mol. The fourth-order valence-electron chi connectivity index (χ4n) is 2.05. The molecule has 17 heavy (non-hydrogen) atoms. The van der Waals surface area contributed by atoms with Crippen LogP contribution in [0.4, 0.5) is 19.0 Å². The number of hydrogen-bond acceptors (Lipinski definition) is 2. The maximum atomic E-state index is 12.6. The molecule has 1 atom stereocenters. The molecular weight excluding hydrogens is 297 g/mol. The maximum Gasteiger partial charge on any atom is 0.416 e. The lowest BCUT2D eigenvalue weighted by Crippen LogP contribution is -2.31. The van der Waals surface area contributed by atoms with E-state index in [1.165, 1.54) is 6.20 Å². The number of nitrogens with zero attached hydrogens (tertiary/aromatic N) is 2. The number of alkyl halides is 4. The summed E-state index contributed by atoms with van der Waals surface area (Å²) in [6.07, 6.45) is -1.10. The van der Waals surface area contributed by atoms with Gasteiger partial charge in [0, 0.05) is 24.1 Å². The molecule has 1 unspecified atom stereocenters. The summed E-state index contributed by atoms with van der Waals surface area (Å²) in [6.45, 7) is 0.768. The topological polar surface area (TPSA) is 16.1 Å². The number of rotatable bonds is 2. The zero-order chi connectivity index (χ0) is 12.5. The first-order valence-corrected chi connectivity index (χ1v) is 6.50. The van der Waals surface area contributed by atoms with Crippen LogP contribution in [-0.4, -0.2) is 22.9 Å². The number of pyridine rings is 1. The molecule has 1 saturated heterocycles. The van der Waals surface area contributed by atoms with Gasteiger partial charge in [-0.2, -0.15) is 13.2 Å². The van der Waals surface area contributed by atoms with Crippen molar-refractivity contribution < 1.29 is 13.2 Å². The number of aromatic nitrogens is 1. The van der Waals surface area contributed by atoms with Crippen molar-refractivity contribution in [1.82, 2.24) is 4.98 Å². The molecule has 1 aliphatic rings. The van der Waals surface area contributed by atoms with E-state index >= 15 is 0 Å². The molecule has 6 heteroatoms. The quantitative estimate of drug-likeness (QED) is 0.778. The van der Waals surface area contributed by atoms with Crippen molar-refractivity contribution in [2.24, 2.45) is 0 Å². The molecular formula is C11H12BrF3N2. The molecule has 0 radical (unpaired) electrons. The van der Waals surface area contributed by atoms with Crippen molar-refractivity contribution in [3.05, 3.63) is 23.9 Å². The van der Waals surface area contributed by atoms with Crippen LogP contribution >= 0.6 is 15.9 Å². The van der Waals surface area contributed by atoms with Gasteiger partial charge >= 0.3 is 6.18 Å². The number of hydrogen-bond donors (Lipinski definition) is 0. The molecule has 2 nitrogen and oxygen atoms in total. The van der Waals surface area contributed by atoms with E-state index < -0.39 is 11.7 Å². The molecule has 0 bridgehead atoms. The van der Waals surface area contributed by atoms with Gasteiger partial charge in [-0.3, -0.25) is 0 Å². The molecule has 2 rings (SSSR count). The van der Waals surface area contributed by atoms with Gasteiger partial charge in [-0.15, -0.1) is 0 Å². The largest absolute Gasteiger partial charge is 0.416 e. The van der Waals surface area contributed by atoms with Gasteiger partial charge in [-0.25, -0.2) is 4.98 Å². The van der Waals surface area contributed by atoms with Gasteiger partial charge in [0.25, 0.3) is 0 Å². The van der Waals surface area contributed by atoms with E-state index in [2.05, 4.69) is 20.9 Å². The van der Waals surface area contributed by atoms with Crippen molar-refractivity contribution >= 4 is 21.7 Å². The van der Waals surface area contributed by atoms with Crippen molar-refractivity contribution in [3.63, 3.8) is 0 Å². The standard InChI is InChI=1S/C11H12BrF3N2/c12-7-9-2-1-5-17(9)10-6-8(3-4-16-10)11(13,14)15/h3-4,6,9H,1-2,5,7H2. The number of halogens is 4. The Hall–Kier alpha value is -0.780. The van der Waals surface area contributed by atoms with Gasteiger partial charge in [0.05, 0.1) is 5.56 Å². The molecule has 2 heterocycles. The molecule has 1 aliphatic heterocycles. The van der Waals surface area contributed by atoms with Crippen molar-refractivity contribution in [2.45, 2.75) is 25.1 Å². The van der Waals surface area contributed by atoms with Crippen LogP contribution in [0.2, 0.25) is 0 Å². The Balaban J connectivity index is 2.27. The first-order chi connectivity index (χ1) is 8.02. The van der Waals surface area contributed by atoms with Crippen LogP contribution in [0.5, 0.6) is 0 Å². The zero-order valence-electron chi connectivity index (χ0n) is 9.04. The van der Waals surface area contributed by atoms with Gasteiger partial charge in [-0.05, 0) is 25.0 Å². The highest BCUT2D eigenvalue weighted by molar-refractivity contribution is 9.09. The predicted octanol–water partition coefficient (Wildman–Crippen LogP) is 3.46. The molecule has 0 saturated carbocycles. The average molecular weight is 309 g/mol. The minimum Gasteiger partial charge on any atom is -0.353 e. The van der Waals surface area contributed by atoms with E-state index in [1.807, 2.05) is 4.90 Å². The highest BCUT2D eigenvalue weighted by Gasteiger charge is 2.32. The highest BCUT2D eigenvalue weighted by atomic mass is 79.9. The Morgan fingerprint density at radius 2 is 2.24 bits per heavy atom. The molecule has 0 aliphatic carbocycles. The van der Waals surface area contributed by atoms with Crippen molar-refractivity contribution in [3.8, 4) is 0 Å². The van der Waals surface area contributed by atoms with E-state index in [0.29, 0.717) is 5.82 Å². The van der Waals surface area contributed by atoms with Crippen molar-refractivity contribution in [1.29, 1.82) is 0 Å². The molecule has 0 spiro atoms. The average Bonchev–Trinajstić information content (AvgIpc) is 2.76. The normalized spacial score (nSPS) is 20.9. The van der Waals surface area contributed by atoms with Gasteiger partial charge in [0.2, 0.25) is 0 Å². The Kier molecular flexibility index (Phi) is 3.61. The molecule has 1 aromatic rings. The lowest BCUT2D eigenvalue weighted by molar-refractivity contribution is -0.137. The summed E-state index contributed by atoms with van der Waals surface area (Å²) in [5.41, 5.74) is -0.636. The second-order valence-corrected chi connectivity index (χ2v) is 4.69. The SMILES string of the molecule is FC(F)(F)c1ccnc(N2CCCC2CBr)c1. The summed E-state index contributed by atoms with van der Waals surface area (Å²) in [5, 5.41) is 0.755. The van der Waals surface area contributed by atoms with Crippen LogP contribution in [0.15, 0.2) is 18.3 Å². The van der Waals surface area contributed by atoms with E-state index in [1.54, 1.807) is 0 Å². The van der Waals surface area contributed by atoms with Gasteiger partial charge < -0.3 is 4.90 Å². The van der Waals surface area contributed by atoms with Crippen LogP contribution in [0.1, 0.15) is 18.4 Å². The summed E-state index contributed by atoms with van der Waals surface area (Å²) >= 11 is 3.38. The first-order valence-electron chi connectivity index (χ1n) is 5.38. The third-order valence-electron chi connectivity index (χ3n) is 2.92. The second kappa shape index (κ2) is 4.84. The lowest BCUT2D eigenvalue weighted by atomic mass is 10.2. The van der Waals surface area contributed by atoms with E-state index in [9.17, 15) is 13.2 Å². The Bertz CT molecular complexity index is 395. The van der Waals surface area contributed by atoms with E-state index in [0.717, 1.165) is 36.8 Å². The van der Waals surface area contributed by atoms with E-state index in [4.69, 9.17) is 0 Å². The van der Waals surface area contributed by atoms with Crippen LogP contribution in [-0.2, 0) is 6.18 Å². The highest BCUT2D eigenvalue weighted by Crippen LogP contribution is 2.32. The first kappa shape index (κ1) is 12.7. The lowest BCUT2D eigenvalue weighted by Gasteiger charge is -2.24. The monoisotopic (exact) mass is 308 g/mol. The minimum absolute atomic E-state index is 0.242. The second-order valence-electron chi connectivity index (χ2n) is 4.04. The third kappa shape index (κ3) is 2.73. The maximum absolute atomic E-state index is 12.6. The summed E-state index contributed by atoms with van der Waals surface area (Å²) in [4.78, 5) is 5.97. The Morgan fingerprint density at radius 3 is 2.88 bits per heavy atom. The number of anilines is 1. The summed E-state index contributed by atoms with van der Waals surface area (Å²) in [7, 11) is 0. The van der Waals surface area contributed by atoms with Crippen LogP contribution in [0.3, 0.4) is 0 Å².